The van der Waals surface area contributed by atoms with Gasteiger partial charge in [0.05, 0.1) is 6.61 Å². The molecule has 138 valence electrons. The maximum atomic E-state index is 12.4. The van der Waals surface area contributed by atoms with Crippen molar-refractivity contribution in [1.82, 2.24) is 9.97 Å². The molecule has 0 aliphatic carbocycles. The van der Waals surface area contributed by atoms with E-state index in [1.807, 2.05) is 51.1 Å². The summed E-state index contributed by atoms with van der Waals surface area (Å²) >= 11 is 0. The summed E-state index contributed by atoms with van der Waals surface area (Å²) in [6, 6.07) is 16.4. The molecule has 0 atom stereocenters. The molecule has 0 radical (unpaired) electrons. The molecule has 1 heterocycles. The Balaban J connectivity index is 1.70. The average Bonchev–Trinajstić information content (AvgIpc) is 2.62. The predicted octanol–water partition coefficient (Wildman–Crippen LogP) is 4.49. The lowest BCUT2D eigenvalue weighted by Gasteiger charge is -2.10. The number of nitrogens with one attached hydrogen (secondary N) is 2. The topological polar surface area (TPSA) is 76.1 Å². The summed E-state index contributed by atoms with van der Waals surface area (Å²) in [5.74, 6) is 1.09. The van der Waals surface area contributed by atoms with Crippen molar-refractivity contribution in [3.05, 3.63) is 71.5 Å². The lowest BCUT2D eigenvalue weighted by molar-refractivity contribution is 0.102. The van der Waals surface area contributed by atoms with Gasteiger partial charge in [-0.15, -0.1) is 0 Å². The van der Waals surface area contributed by atoms with E-state index in [1.54, 1.807) is 24.3 Å². The van der Waals surface area contributed by atoms with Gasteiger partial charge in [0, 0.05) is 28.3 Å². The third-order valence-electron chi connectivity index (χ3n) is 3.79. The molecule has 2 N–H and O–H groups in total. The number of hydrogen-bond acceptors (Lipinski definition) is 5. The zero-order valence-electron chi connectivity index (χ0n) is 15.6. The molecule has 0 saturated heterocycles. The standard InChI is InChI=1S/C21H22N4O2/c1-4-27-19-10-8-16(9-11-19)20(26)24-17-6-5-7-18(13-17)25-21-22-14(2)12-15(3)23-21/h5-13H,4H2,1-3H3,(H,24,26)(H,22,23,25). The Morgan fingerprint density at radius 3 is 2.30 bits per heavy atom. The van der Waals surface area contributed by atoms with Gasteiger partial charge in [-0.1, -0.05) is 6.07 Å². The van der Waals surface area contributed by atoms with Crippen molar-refractivity contribution >= 4 is 23.2 Å². The smallest absolute Gasteiger partial charge is 0.255 e. The number of amides is 1. The summed E-state index contributed by atoms with van der Waals surface area (Å²) in [6.07, 6.45) is 0. The lowest BCUT2D eigenvalue weighted by atomic mass is 10.2. The fourth-order valence-corrected chi connectivity index (χ4v) is 2.66. The van der Waals surface area contributed by atoms with Gasteiger partial charge in [0.15, 0.2) is 0 Å². The summed E-state index contributed by atoms with van der Waals surface area (Å²) in [5, 5.41) is 6.07. The van der Waals surface area contributed by atoms with Gasteiger partial charge >= 0.3 is 0 Å². The van der Waals surface area contributed by atoms with E-state index in [-0.39, 0.29) is 5.91 Å². The molecule has 0 fully saturated rings. The summed E-state index contributed by atoms with van der Waals surface area (Å²) < 4.78 is 5.40. The molecule has 0 spiro atoms. The summed E-state index contributed by atoms with van der Waals surface area (Å²) in [7, 11) is 0. The maximum Gasteiger partial charge on any atom is 0.255 e. The Morgan fingerprint density at radius 2 is 1.63 bits per heavy atom. The summed E-state index contributed by atoms with van der Waals surface area (Å²) in [5.41, 5.74) is 3.83. The number of ether oxygens (including phenoxy) is 1. The minimum Gasteiger partial charge on any atom is -0.494 e. The minimum absolute atomic E-state index is 0.183. The van der Waals surface area contributed by atoms with Crippen LogP contribution in [0.15, 0.2) is 54.6 Å². The van der Waals surface area contributed by atoms with Crippen molar-refractivity contribution in [3.63, 3.8) is 0 Å². The van der Waals surface area contributed by atoms with Gasteiger partial charge in [0.2, 0.25) is 5.95 Å². The van der Waals surface area contributed by atoms with Crippen molar-refractivity contribution < 1.29 is 9.53 Å². The fourth-order valence-electron chi connectivity index (χ4n) is 2.66. The van der Waals surface area contributed by atoms with E-state index in [9.17, 15) is 4.79 Å². The van der Waals surface area contributed by atoms with Crippen LogP contribution >= 0.6 is 0 Å². The van der Waals surface area contributed by atoms with Crippen LogP contribution in [0.1, 0.15) is 28.7 Å². The fraction of sp³-hybridized carbons (Fsp3) is 0.190. The molecule has 1 aromatic heterocycles. The summed E-state index contributed by atoms with van der Waals surface area (Å²) in [6.45, 7) is 6.36. The molecule has 6 heteroatoms. The first-order valence-corrected chi connectivity index (χ1v) is 8.77. The van der Waals surface area contributed by atoms with Crippen LogP contribution < -0.4 is 15.4 Å². The van der Waals surface area contributed by atoms with Gasteiger partial charge < -0.3 is 15.4 Å². The van der Waals surface area contributed by atoms with Crippen molar-refractivity contribution in [2.24, 2.45) is 0 Å². The van der Waals surface area contributed by atoms with E-state index in [0.29, 0.717) is 23.8 Å². The number of benzene rings is 2. The number of rotatable bonds is 6. The van der Waals surface area contributed by atoms with Crippen molar-refractivity contribution in [2.45, 2.75) is 20.8 Å². The van der Waals surface area contributed by atoms with E-state index in [4.69, 9.17) is 4.74 Å². The number of aryl methyl sites for hydroxylation is 2. The lowest BCUT2D eigenvalue weighted by Crippen LogP contribution is -2.12. The maximum absolute atomic E-state index is 12.4. The zero-order chi connectivity index (χ0) is 19.2. The highest BCUT2D eigenvalue weighted by molar-refractivity contribution is 6.04. The zero-order valence-corrected chi connectivity index (χ0v) is 15.6. The number of nitrogens with zero attached hydrogens (tertiary/aromatic N) is 2. The number of hydrogen-bond donors (Lipinski definition) is 2. The van der Waals surface area contributed by atoms with Gasteiger partial charge in [-0.2, -0.15) is 0 Å². The van der Waals surface area contributed by atoms with Crippen LogP contribution in [0, 0.1) is 13.8 Å². The minimum atomic E-state index is -0.183. The molecule has 0 unspecified atom stereocenters. The molecule has 0 aliphatic heterocycles. The van der Waals surface area contributed by atoms with Crippen LogP contribution in [-0.2, 0) is 0 Å². The highest BCUT2D eigenvalue weighted by Crippen LogP contribution is 2.20. The molecule has 0 bridgehead atoms. The highest BCUT2D eigenvalue weighted by Gasteiger charge is 2.07. The van der Waals surface area contributed by atoms with Crippen LogP contribution in [0.3, 0.4) is 0 Å². The van der Waals surface area contributed by atoms with Gasteiger partial charge in [0.25, 0.3) is 5.91 Å². The first kappa shape index (κ1) is 18.4. The molecule has 3 rings (SSSR count). The molecule has 3 aromatic rings. The third kappa shape index (κ3) is 5.04. The highest BCUT2D eigenvalue weighted by atomic mass is 16.5. The Kier molecular flexibility index (Phi) is 5.66. The van der Waals surface area contributed by atoms with Crippen LogP contribution in [-0.4, -0.2) is 22.5 Å². The Bertz CT molecular complexity index is 919. The second-order valence-corrected chi connectivity index (χ2v) is 6.09. The molecule has 2 aromatic carbocycles. The van der Waals surface area contributed by atoms with E-state index >= 15 is 0 Å². The molecule has 27 heavy (non-hydrogen) atoms. The molecule has 0 aliphatic rings. The number of carbonyl (C=O) groups is 1. The normalized spacial score (nSPS) is 10.3. The van der Waals surface area contributed by atoms with Crippen LogP contribution in [0.25, 0.3) is 0 Å². The Labute approximate surface area is 158 Å². The Morgan fingerprint density at radius 1 is 0.963 bits per heavy atom. The van der Waals surface area contributed by atoms with Gasteiger partial charge in [0.1, 0.15) is 5.75 Å². The SMILES string of the molecule is CCOc1ccc(C(=O)Nc2cccc(Nc3nc(C)cc(C)n3)c2)cc1. The van der Waals surface area contributed by atoms with Crippen molar-refractivity contribution in [1.29, 1.82) is 0 Å². The van der Waals surface area contributed by atoms with Gasteiger partial charge in [-0.05, 0) is 69.3 Å². The third-order valence-corrected chi connectivity index (χ3v) is 3.79. The van der Waals surface area contributed by atoms with Crippen molar-refractivity contribution in [2.75, 3.05) is 17.2 Å². The first-order chi connectivity index (χ1) is 13.0. The van der Waals surface area contributed by atoms with Gasteiger partial charge in [-0.25, -0.2) is 9.97 Å². The number of carbonyl (C=O) groups excluding carboxylic acids is 1. The van der Waals surface area contributed by atoms with Crippen LogP contribution in [0.2, 0.25) is 0 Å². The largest absolute Gasteiger partial charge is 0.494 e. The van der Waals surface area contributed by atoms with E-state index in [0.717, 1.165) is 22.8 Å². The molecule has 6 nitrogen and oxygen atoms in total. The monoisotopic (exact) mass is 362 g/mol. The molecule has 1 amide bonds. The van der Waals surface area contributed by atoms with Crippen molar-refractivity contribution in [3.8, 4) is 5.75 Å². The second kappa shape index (κ2) is 8.31. The second-order valence-electron chi connectivity index (χ2n) is 6.09. The quantitative estimate of drug-likeness (QED) is 0.676. The number of anilines is 3. The van der Waals surface area contributed by atoms with E-state index in [1.165, 1.54) is 0 Å². The van der Waals surface area contributed by atoms with Crippen LogP contribution in [0.4, 0.5) is 17.3 Å². The van der Waals surface area contributed by atoms with Gasteiger partial charge in [-0.3, -0.25) is 4.79 Å². The van der Waals surface area contributed by atoms with Crippen LogP contribution in [0.5, 0.6) is 5.75 Å². The first-order valence-electron chi connectivity index (χ1n) is 8.77. The predicted molar refractivity (Wildman–Crippen MR) is 107 cm³/mol. The Hall–Kier alpha value is -3.41. The number of aromatic nitrogens is 2. The van der Waals surface area contributed by atoms with E-state index < -0.39 is 0 Å². The summed E-state index contributed by atoms with van der Waals surface area (Å²) in [4.78, 5) is 21.2. The van der Waals surface area contributed by atoms with E-state index in [2.05, 4.69) is 20.6 Å². The molecular formula is C21H22N4O2. The molecule has 0 saturated carbocycles. The average molecular weight is 362 g/mol. The molecular weight excluding hydrogens is 340 g/mol.